The highest BCUT2D eigenvalue weighted by atomic mass is 79.9. The third-order valence-electron chi connectivity index (χ3n) is 4.41. The fraction of sp³-hybridized carbons (Fsp3) is 0.0909. The third kappa shape index (κ3) is 5.03. The molecule has 1 amide bonds. The van der Waals surface area contributed by atoms with Crippen molar-refractivity contribution in [3.63, 3.8) is 0 Å². The molecular weight excluding hydrogens is 549 g/mol. The Morgan fingerprint density at radius 2 is 1.84 bits per heavy atom. The topological polar surface area (TPSA) is 94.3 Å². The molecule has 2 aromatic heterocycles. The van der Waals surface area contributed by atoms with Crippen molar-refractivity contribution in [1.82, 2.24) is 15.5 Å². The number of rotatable bonds is 6. The lowest BCUT2D eigenvalue weighted by molar-refractivity contribution is 0.0943. The summed E-state index contributed by atoms with van der Waals surface area (Å²) < 4.78 is 25.1. The quantitative estimate of drug-likeness (QED) is 0.270. The van der Waals surface area contributed by atoms with Crippen LogP contribution in [0, 0.1) is 5.82 Å². The Morgan fingerprint density at radius 1 is 1.06 bits per heavy atom. The normalized spacial score (nSPS) is 10.8. The second-order valence-corrected chi connectivity index (χ2v) is 8.39. The van der Waals surface area contributed by atoms with Crippen LogP contribution >= 0.6 is 31.9 Å². The minimum atomic E-state index is -0.735. The van der Waals surface area contributed by atoms with Gasteiger partial charge in [-0.05, 0) is 64.5 Å². The summed E-state index contributed by atoms with van der Waals surface area (Å²) in [6.07, 6.45) is 0. The van der Waals surface area contributed by atoms with Crippen molar-refractivity contribution < 1.29 is 18.3 Å². The van der Waals surface area contributed by atoms with E-state index in [2.05, 4.69) is 47.4 Å². The summed E-state index contributed by atoms with van der Waals surface area (Å²) in [7, 11) is 0. The summed E-state index contributed by atoms with van der Waals surface area (Å²) in [6.45, 7) is 0.256. The standard InChI is InChI=1S/C22H14Br2FN3O4/c23-14-9-13-10-16(22(30)32-20(13)17(24)11-14)21(29)26-7-8-31-19-6-5-18(27-28-19)12-1-3-15(25)4-2-12/h1-6,9-11H,7-8H2,(H,26,29). The summed E-state index contributed by atoms with van der Waals surface area (Å²) >= 11 is 6.70. The van der Waals surface area contributed by atoms with Gasteiger partial charge in [0.2, 0.25) is 5.88 Å². The van der Waals surface area contributed by atoms with Crippen LogP contribution in [-0.4, -0.2) is 29.3 Å². The summed E-state index contributed by atoms with van der Waals surface area (Å²) in [4.78, 5) is 24.6. The molecule has 4 rings (SSSR count). The molecule has 2 aromatic carbocycles. The summed E-state index contributed by atoms with van der Waals surface area (Å²) in [6, 6.07) is 14.2. The van der Waals surface area contributed by atoms with E-state index in [1.54, 1.807) is 36.4 Å². The number of benzene rings is 2. The number of hydrogen-bond donors (Lipinski definition) is 1. The number of halogens is 3. The lowest BCUT2D eigenvalue weighted by Gasteiger charge is -2.08. The molecule has 32 heavy (non-hydrogen) atoms. The van der Waals surface area contributed by atoms with Crippen LogP contribution in [0.25, 0.3) is 22.2 Å². The van der Waals surface area contributed by atoms with Gasteiger partial charge in [0.1, 0.15) is 18.0 Å². The minimum Gasteiger partial charge on any atom is -0.475 e. The summed E-state index contributed by atoms with van der Waals surface area (Å²) in [5.41, 5.74) is 0.825. The van der Waals surface area contributed by atoms with E-state index in [0.29, 0.717) is 21.1 Å². The van der Waals surface area contributed by atoms with Crippen molar-refractivity contribution in [3.8, 4) is 17.1 Å². The molecule has 4 aromatic rings. The number of ether oxygens (including phenoxy) is 1. The molecule has 2 heterocycles. The first-order chi connectivity index (χ1) is 15.4. The molecule has 0 bridgehead atoms. The van der Waals surface area contributed by atoms with Crippen molar-refractivity contribution in [2.75, 3.05) is 13.2 Å². The molecule has 0 radical (unpaired) electrons. The molecule has 0 saturated heterocycles. The summed E-state index contributed by atoms with van der Waals surface area (Å²) in [5, 5.41) is 11.2. The Balaban J connectivity index is 1.35. The fourth-order valence-electron chi connectivity index (χ4n) is 2.90. The highest BCUT2D eigenvalue weighted by Crippen LogP contribution is 2.28. The van der Waals surface area contributed by atoms with Gasteiger partial charge in [0, 0.05) is 21.5 Å². The average Bonchev–Trinajstić information content (AvgIpc) is 2.78. The molecule has 10 heteroatoms. The number of nitrogens with zero attached hydrogens (tertiary/aromatic N) is 2. The predicted molar refractivity (Wildman–Crippen MR) is 123 cm³/mol. The highest BCUT2D eigenvalue weighted by molar-refractivity contribution is 9.11. The molecule has 162 valence electrons. The van der Waals surface area contributed by atoms with Gasteiger partial charge in [-0.15, -0.1) is 10.2 Å². The van der Waals surface area contributed by atoms with Crippen molar-refractivity contribution >= 4 is 48.7 Å². The highest BCUT2D eigenvalue weighted by Gasteiger charge is 2.15. The van der Waals surface area contributed by atoms with Gasteiger partial charge >= 0.3 is 5.63 Å². The first kappa shape index (κ1) is 22.1. The van der Waals surface area contributed by atoms with Gasteiger partial charge in [-0.1, -0.05) is 15.9 Å². The molecule has 1 N–H and O–H groups in total. The Bertz CT molecular complexity index is 1340. The van der Waals surface area contributed by atoms with E-state index in [1.165, 1.54) is 18.2 Å². The molecule has 0 spiro atoms. The summed E-state index contributed by atoms with van der Waals surface area (Å²) in [5.74, 6) is -0.631. The van der Waals surface area contributed by atoms with Crippen LogP contribution in [0.1, 0.15) is 10.4 Å². The van der Waals surface area contributed by atoms with Crippen LogP contribution in [-0.2, 0) is 0 Å². The molecule has 0 unspecified atom stereocenters. The van der Waals surface area contributed by atoms with Gasteiger partial charge in [-0.3, -0.25) is 4.79 Å². The maximum atomic E-state index is 13.0. The SMILES string of the molecule is O=C(NCCOc1ccc(-c2ccc(F)cc2)nn1)c1cc2cc(Br)cc(Br)c2oc1=O. The Kier molecular flexibility index (Phi) is 6.61. The lowest BCUT2D eigenvalue weighted by atomic mass is 10.1. The number of hydrogen-bond acceptors (Lipinski definition) is 6. The van der Waals surface area contributed by atoms with E-state index < -0.39 is 11.5 Å². The lowest BCUT2D eigenvalue weighted by Crippen LogP contribution is -2.31. The van der Waals surface area contributed by atoms with E-state index >= 15 is 0 Å². The van der Waals surface area contributed by atoms with Crippen molar-refractivity contribution in [3.05, 3.63) is 85.3 Å². The van der Waals surface area contributed by atoms with Gasteiger partial charge in [-0.2, -0.15) is 0 Å². The van der Waals surface area contributed by atoms with Gasteiger partial charge < -0.3 is 14.5 Å². The van der Waals surface area contributed by atoms with Crippen LogP contribution in [0.3, 0.4) is 0 Å². The van der Waals surface area contributed by atoms with Crippen LogP contribution in [0.5, 0.6) is 5.88 Å². The van der Waals surface area contributed by atoms with E-state index in [4.69, 9.17) is 9.15 Å². The molecule has 0 saturated carbocycles. The molecule has 7 nitrogen and oxygen atoms in total. The average molecular weight is 563 g/mol. The minimum absolute atomic E-state index is 0.106. The van der Waals surface area contributed by atoms with Gasteiger partial charge in [0.15, 0.2) is 5.58 Å². The van der Waals surface area contributed by atoms with Crippen molar-refractivity contribution in [2.45, 2.75) is 0 Å². The van der Waals surface area contributed by atoms with Crippen LogP contribution in [0.2, 0.25) is 0 Å². The molecule has 0 aliphatic rings. The zero-order valence-electron chi connectivity index (χ0n) is 16.3. The van der Waals surface area contributed by atoms with Crippen molar-refractivity contribution in [1.29, 1.82) is 0 Å². The Morgan fingerprint density at radius 3 is 2.56 bits per heavy atom. The van der Waals surface area contributed by atoms with Crippen LogP contribution in [0.15, 0.2) is 72.8 Å². The van der Waals surface area contributed by atoms with Crippen LogP contribution < -0.4 is 15.7 Å². The molecular formula is C22H14Br2FN3O4. The second kappa shape index (κ2) is 9.58. The molecule has 0 aliphatic heterocycles. The number of carbonyl (C=O) groups is 1. The van der Waals surface area contributed by atoms with Gasteiger partial charge in [0.05, 0.1) is 16.7 Å². The molecule has 0 aliphatic carbocycles. The first-order valence-corrected chi connectivity index (χ1v) is 10.9. The predicted octanol–water partition coefficient (Wildman–Crippen LogP) is 4.72. The Labute approximate surface area is 197 Å². The molecule has 0 atom stereocenters. The van der Waals surface area contributed by atoms with Crippen molar-refractivity contribution in [2.24, 2.45) is 0 Å². The van der Waals surface area contributed by atoms with Gasteiger partial charge in [-0.25, -0.2) is 9.18 Å². The second-order valence-electron chi connectivity index (χ2n) is 6.62. The number of carbonyl (C=O) groups excluding carboxylic acids is 1. The smallest absolute Gasteiger partial charge is 0.349 e. The number of aromatic nitrogens is 2. The zero-order chi connectivity index (χ0) is 22.7. The first-order valence-electron chi connectivity index (χ1n) is 9.34. The van der Waals surface area contributed by atoms with E-state index in [-0.39, 0.29) is 30.4 Å². The maximum absolute atomic E-state index is 13.0. The fourth-order valence-corrected chi connectivity index (χ4v) is 4.24. The maximum Gasteiger partial charge on any atom is 0.349 e. The number of nitrogens with one attached hydrogen (secondary N) is 1. The van der Waals surface area contributed by atoms with Crippen LogP contribution in [0.4, 0.5) is 4.39 Å². The zero-order valence-corrected chi connectivity index (χ0v) is 19.4. The van der Waals surface area contributed by atoms with E-state index in [1.807, 2.05) is 0 Å². The van der Waals surface area contributed by atoms with E-state index in [0.717, 1.165) is 10.0 Å². The number of fused-ring (bicyclic) bond motifs is 1. The van der Waals surface area contributed by atoms with E-state index in [9.17, 15) is 14.0 Å². The molecule has 0 fully saturated rings. The van der Waals surface area contributed by atoms with Gasteiger partial charge in [0.25, 0.3) is 5.91 Å². The monoisotopic (exact) mass is 561 g/mol. The Hall–Kier alpha value is -3.11. The third-order valence-corrected chi connectivity index (χ3v) is 5.46. The largest absolute Gasteiger partial charge is 0.475 e. The number of amides is 1.